The monoisotopic (exact) mass is 314 g/mol. The molecule has 1 aromatic carbocycles. The highest BCUT2D eigenvalue weighted by atomic mass is 79.9. The summed E-state index contributed by atoms with van der Waals surface area (Å²) in [4.78, 5) is 21.8. The Hall–Kier alpha value is -1.89. The number of carboxylic acids is 1. The first-order chi connectivity index (χ1) is 8.45. The summed E-state index contributed by atoms with van der Waals surface area (Å²) in [5, 5.41) is 12.6. The molecular formula is C11H11BrN2O4. The van der Waals surface area contributed by atoms with Gasteiger partial charge in [0.2, 0.25) is 0 Å². The van der Waals surface area contributed by atoms with Crippen molar-refractivity contribution in [2.45, 2.75) is 6.92 Å². The number of carboxylic acid groups (broad SMARTS) is 1. The number of esters is 1. The largest absolute Gasteiger partial charge is 0.478 e. The van der Waals surface area contributed by atoms with Gasteiger partial charge in [-0.15, -0.1) is 0 Å². The summed E-state index contributed by atoms with van der Waals surface area (Å²) in [5.41, 5.74) is 3.50. The van der Waals surface area contributed by atoms with E-state index >= 15 is 0 Å². The molecule has 96 valence electrons. The number of aromatic carboxylic acids is 1. The lowest BCUT2D eigenvalue weighted by atomic mass is 10.2. The smallest absolute Gasteiger partial charge is 0.353 e. The number of rotatable bonds is 4. The van der Waals surface area contributed by atoms with Gasteiger partial charge in [-0.25, -0.2) is 9.59 Å². The number of hydrogen-bond acceptors (Lipinski definition) is 5. The molecule has 0 fully saturated rings. The standard InChI is InChI=1S/C11H11BrN2O4/c1-6(11(17)18-2)13-14-9-4-3-7(10(15)16)5-8(9)12/h3-5,14H,1-2H3,(H,15,16). The van der Waals surface area contributed by atoms with Gasteiger partial charge in [-0.05, 0) is 41.1 Å². The number of methoxy groups -OCH3 is 1. The van der Waals surface area contributed by atoms with Crippen LogP contribution >= 0.6 is 15.9 Å². The van der Waals surface area contributed by atoms with Crippen LogP contribution in [0.1, 0.15) is 17.3 Å². The molecule has 6 nitrogen and oxygen atoms in total. The molecule has 2 N–H and O–H groups in total. The van der Waals surface area contributed by atoms with Crippen molar-refractivity contribution in [2.75, 3.05) is 12.5 Å². The van der Waals surface area contributed by atoms with Crippen LogP contribution in [0.5, 0.6) is 0 Å². The molecule has 0 unspecified atom stereocenters. The third-order valence-electron chi connectivity index (χ3n) is 2.04. The van der Waals surface area contributed by atoms with Crippen molar-refractivity contribution >= 4 is 39.3 Å². The molecule has 0 saturated carbocycles. The third kappa shape index (κ3) is 3.56. The van der Waals surface area contributed by atoms with E-state index in [2.05, 4.69) is 31.2 Å². The summed E-state index contributed by atoms with van der Waals surface area (Å²) in [7, 11) is 1.26. The Morgan fingerprint density at radius 1 is 1.44 bits per heavy atom. The van der Waals surface area contributed by atoms with E-state index in [0.717, 1.165) is 0 Å². The van der Waals surface area contributed by atoms with Crippen molar-refractivity contribution in [3.05, 3.63) is 28.2 Å². The predicted octanol–water partition coefficient (Wildman–Crippen LogP) is 2.11. The number of nitrogens with one attached hydrogen (secondary N) is 1. The lowest BCUT2D eigenvalue weighted by molar-refractivity contribution is -0.132. The molecule has 0 radical (unpaired) electrons. The number of nitrogens with zero attached hydrogens (tertiary/aromatic N) is 1. The van der Waals surface area contributed by atoms with E-state index in [1.54, 1.807) is 6.07 Å². The number of hydrogen-bond donors (Lipinski definition) is 2. The maximum absolute atomic E-state index is 11.1. The lowest BCUT2D eigenvalue weighted by Crippen LogP contribution is -2.13. The van der Waals surface area contributed by atoms with Crippen molar-refractivity contribution in [1.82, 2.24) is 0 Å². The average Bonchev–Trinajstić information content (AvgIpc) is 2.35. The van der Waals surface area contributed by atoms with Gasteiger partial charge in [-0.3, -0.25) is 5.43 Å². The molecule has 0 saturated heterocycles. The minimum atomic E-state index is -1.02. The van der Waals surface area contributed by atoms with E-state index in [0.29, 0.717) is 10.2 Å². The fraction of sp³-hybridized carbons (Fsp3) is 0.182. The number of anilines is 1. The molecule has 1 aromatic rings. The Morgan fingerprint density at radius 2 is 2.11 bits per heavy atom. The van der Waals surface area contributed by atoms with Crippen LogP contribution in [0.2, 0.25) is 0 Å². The first kappa shape index (κ1) is 14.2. The SMILES string of the molecule is COC(=O)C(C)=NNc1ccc(C(=O)O)cc1Br. The van der Waals surface area contributed by atoms with Crippen LogP contribution in [0.4, 0.5) is 5.69 Å². The van der Waals surface area contributed by atoms with Crippen LogP contribution in [-0.2, 0) is 9.53 Å². The van der Waals surface area contributed by atoms with Gasteiger partial charge in [0, 0.05) is 4.47 Å². The van der Waals surface area contributed by atoms with Gasteiger partial charge >= 0.3 is 11.9 Å². The number of carbonyl (C=O) groups excluding carboxylic acids is 1. The first-order valence-electron chi connectivity index (χ1n) is 4.87. The van der Waals surface area contributed by atoms with Gasteiger partial charge < -0.3 is 9.84 Å². The van der Waals surface area contributed by atoms with Gasteiger partial charge in [0.25, 0.3) is 0 Å². The average molecular weight is 315 g/mol. The molecule has 0 atom stereocenters. The molecule has 0 amide bonds. The Balaban J connectivity index is 2.87. The molecule has 0 bridgehead atoms. The molecule has 1 rings (SSSR count). The van der Waals surface area contributed by atoms with E-state index in [9.17, 15) is 9.59 Å². The summed E-state index contributed by atoms with van der Waals surface area (Å²) in [5.74, 6) is -1.56. The zero-order valence-corrected chi connectivity index (χ0v) is 11.3. The summed E-state index contributed by atoms with van der Waals surface area (Å²) in [6.45, 7) is 1.50. The van der Waals surface area contributed by atoms with E-state index in [-0.39, 0.29) is 11.3 Å². The second-order valence-corrected chi connectivity index (χ2v) is 4.15. The topological polar surface area (TPSA) is 88.0 Å². The van der Waals surface area contributed by atoms with Crippen molar-refractivity contribution < 1.29 is 19.4 Å². The van der Waals surface area contributed by atoms with Crippen LogP contribution in [0, 0.1) is 0 Å². The molecule has 0 aliphatic carbocycles. The fourth-order valence-corrected chi connectivity index (χ4v) is 1.54. The van der Waals surface area contributed by atoms with Gasteiger partial charge in [0.1, 0.15) is 5.71 Å². The number of halogens is 1. The van der Waals surface area contributed by atoms with Crippen LogP contribution in [-0.4, -0.2) is 29.9 Å². The highest BCUT2D eigenvalue weighted by molar-refractivity contribution is 9.10. The molecule has 0 aliphatic heterocycles. The zero-order valence-electron chi connectivity index (χ0n) is 9.73. The van der Waals surface area contributed by atoms with Crippen LogP contribution in [0.15, 0.2) is 27.8 Å². The van der Waals surface area contributed by atoms with Gasteiger partial charge in [-0.1, -0.05) is 0 Å². The van der Waals surface area contributed by atoms with Crippen molar-refractivity contribution in [3.63, 3.8) is 0 Å². The minimum Gasteiger partial charge on any atom is -0.478 e. The Bertz CT molecular complexity index is 514. The molecule has 7 heteroatoms. The zero-order chi connectivity index (χ0) is 13.7. The second kappa shape index (κ2) is 6.15. The van der Waals surface area contributed by atoms with E-state index in [1.165, 1.54) is 26.2 Å². The molecule has 0 heterocycles. The highest BCUT2D eigenvalue weighted by Crippen LogP contribution is 2.23. The Morgan fingerprint density at radius 3 is 2.61 bits per heavy atom. The molecular weight excluding hydrogens is 304 g/mol. The van der Waals surface area contributed by atoms with Crippen molar-refractivity contribution in [3.8, 4) is 0 Å². The van der Waals surface area contributed by atoms with Crippen LogP contribution in [0.3, 0.4) is 0 Å². The van der Waals surface area contributed by atoms with E-state index in [4.69, 9.17) is 5.11 Å². The van der Waals surface area contributed by atoms with Crippen molar-refractivity contribution in [1.29, 1.82) is 0 Å². The quantitative estimate of drug-likeness (QED) is 0.505. The molecule has 0 aromatic heterocycles. The van der Waals surface area contributed by atoms with Gasteiger partial charge in [0.15, 0.2) is 0 Å². The normalized spacial score (nSPS) is 10.9. The lowest BCUT2D eigenvalue weighted by Gasteiger charge is -2.05. The number of ether oxygens (including phenoxy) is 1. The molecule has 0 aliphatic rings. The second-order valence-electron chi connectivity index (χ2n) is 3.30. The van der Waals surface area contributed by atoms with Crippen LogP contribution in [0.25, 0.3) is 0 Å². The summed E-state index contributed by atoms with van der Waals surface area (Å²) in [6.07, 6.45) is 0. The van der Waals surface area contributed by atoms with Gasteiger partial charge in [0.05, 0.1) is 18.4 Å². The number of hydrazone groups is 1. The molecule has 0 spiro atoms. The minimum absolute atomic E-state index is 0.154. The molecule has 18 heavy (non-hydrogen) atoms. The van der Waals surface area contributed by atoms with Gasteiger partial charge in [-0.2, -0.15) is 5.10 Å². The summed E-state index contributed by atoms with van der Waals surface area (Å²) in [6, 6.07) is 4.41. The van der Waals surface area contributed by atoms with Crippen LogP contribution < -0.4 is 5.43 Å². The van der Waals surface area contributed by atoms with E-state index < -0.39 is 11.9 Å². The predicted molar refractivity (Wildman–Crippen MR) is 69.8 cm³/mol. The maximum Gasteiger partial charge on any atom is 0.353 e. The third-order valence-corrected chi connectivity index (χ3v) is 2.70. The highest BCUT2D eigenvalue weighted by Gasteiger charge is 2.08. The number of benzene rings is 1. The number of carbonyl (C=O) groups is 2. The van der Waals surface area contributed by atoms with Crippen molar-refractivity contribution in [2.24, 2.45) is 5.10 Å². The first-order valence-corrected chi connectivity index (χ1v) is 5.66. The Kier molecular flexibility index (Phi) is 4.85. The Labute approximate surface area is 112 Å². The fourth-order valence-electron chi connectivity index (χ4n) is 1.08. The summed E-state index contributed by atoms with van der Waals surface area (Å²) >= 11 is 3.21. The van der Waals surface area contributed by atoms with E-state index in [1.807, 2.05) is 0 Å². The summed E-state index contributed by atoms with van der Waals surface area (Å²) < 4.78 is 5.01. The maximum atomic E-state index is 11.1.